The number of sulfonamides is 1. The molecule has 1 heterocycles. The zero-order valence-corrected chi connectivity index (χ0v) is 15.9. The van der Waals surface area contributed by atoms with Gasteiger partial charge in [-0.15, -0.1) is 11.8 Å². The molecule has 3 rings (SSSR count). The Morgan fingerprint density at radius 3 is 2.48 bits per heavy atom. The minimum atomic E-state index is -3.73. The van der Waals surface area contributed by atoms with E-state index in [4.69, 9.17) is 0 Å². The van der Waals surface area contributed by atoms with Gasteiger partial charge in [-0.25, -0.2) is 8.42 Å². The number of carbonyl (C=O) groups is 1. The van der Waals surface area contributed by atoms with Crippen LogP contribution in [0.5, 0.6) is 0 Å². The van der Waals surface area contributed by atoms with Gasteiger partial charge in [-0.1, -0.05) is 13.0 Å². The first-order valence-corrected chi connectivity index (χ1v) is 10.3. The second-order valence-electron chi connectivity index (χ2n) is 6.32. The Kier molecular flexibility index (Phi) is 4.79. The molecule has 0 unspecified atom stereocenters. The standard InChI is InChI=1S/C18H20N2O3S2/c1-11-6-12(2)8-14(7-11)20-25(22,23)15-4-5-17-16(10-15)19-18(21)9-13(3)24-17/h4-8,10,13,20H,9H2,1-3H3,(H,19,21)/t13-/m1/s1. The number of aryl methyl sites for hydroxylation is 2. The lowest BCUT2D eigenvalue weighted by atomic mass is 10.1. The largest absolute Gasteiger partial charge is 0.325 e. The van der Waals surface area contributed by atoms with E-state index < -0.39 is 10.0 Å². The molecule has 0 aliphatic carbocycles. The van der Waals surface area contributed by atoms with Gasteiger partial charge in [0.05, 0.1) is 10.6 Å². The fraction of sp³-hybridized carbons (Fsp3) is 0.278. The number of fused-ring (bicyclic) bond motifs is 1. The molecule has 2 aromatic carbocycles. The van der Waals surface area contributed by atoms with Crippen LogP contribution in [0.25, 0.3) is 0 Å². The summed E-state index contributed by atoms with van der Waals surface area (Å²) in [5.41, 5.74) is 3.04. The van der Waals surface area contributed by atoms with Gasteiger partial charge in [0, 0.05) is 22.3 Å². The first kappa shape index (κ1) is 17.8. The van der Waals surface area contributed by atoms with Crippen LogP contribution < -0.4 is 10.0 Å². The number of anilines is 2. The molecule has 0 aromatic heterocycles. The van der Waals surface area contributed by atoms with Crippen molar-refractivity contribution >= 4 is 39.1 Å². The van der Waals surface area contributed by atoms with E-state index >= 15 is 0 Å². The maximum atomic E-state index is 12.7. The van der Waals surface area contributed by atoms with Crippen LogP contribution in [0.1, 0.15) is 24.5 Å². The predicted octanol–water partition coefficient (Wildman–Crippen LogP) is 3.93. The van der Waals surface area contributed by atoms with E-state index in [-0.39, 0.29) is 16.1 Å². The van der Waals surface area contributed by atoms with Gasteiger partial charge in [-0.05, 0) is 55.3 Å². The van der Waals surface area contributed by atoms with E-state index in [1.165, 1.54) is 6.07 Å². The molecule has 2 aromatic rings. The summed E-state index contributed by atoms with van der Waals surface area (Å²) < 4.78 is 28.0. The number of hydrogen-bond donors (Lipinski definition) is 2. The van der Waals surface area contributed by atoms with Gasteiger partial charge in [0.15, 0.2) is 0 Å². The van der Waals surface area contributed by atoms with Crippen molar-refractivity contribution in [3.8, 4) is 0 Å². The fourth-order valence-electron chi connectivity index (χ4n) is 2.85. The summed E-state index contributed by atoms with van der Waals surface area (Å²) >= 11 is 1.57. The number of nitrogens with one attached hydrogen (secondary N) is 2. The highest BCUT2D eigenvalue weighted by Crippen LogP contribution is 2.36. The summed E-state index contributed by atoms with van der Waals surface area (Å²) in [5, 5.41) is 2.95. The number of rotatable bonds is 3. The summed E-state index contributed by atoms with van der Waals surface area (Å²) in [7, 11) is -3.73. The van der Waals surface area contributed by atoms with E-state index in [1.54, 1.807) is 36.0 Å². The van der Waals surface area contributed by atoms with Crippen molar-refractivity contribution in [2.45, 2.75) is 42.2 Å². The third-order valence-electron chi connectivity index (χ3n) is 3.81. The highest BCUT2D eigenvalue weighted by atomic mass is 32.2. The molecular formula is C18H20N2O3S2. The number of carbonyl (C=O) groups excluding carboxylic acids is 1. The summed E-state index contributed by atoms with van der Waals surface area (Å²) in [6.07, 6.45) is 0.405. The topological polar surface area (TPSA) is 75.3 Å². The predicted molar refractivity (Wildman–Crippen MR) is 102 cm³/mol. The van der Waals surface area contributed by atoms with Crippen molar-refractivity contribution in [1.29, 1.82) is 0 Å². The Morgan fingerprint density at radius 2 is 1.80 bits per heavy atom. The Morgan fingerprint density at radius 1 is 1.12 bits per heavy atom. The zero-order valence-electron chi connectivity index (χ0n) is 14.3. The molecule has 0 radical (unpaired) electrons. The third-order valence-corrected chi connectivity index (χ3v) is 6.37. The number of hydrogen-bond acceptors (Lipinski definition) is 4. The van der Waals surface area contributed by atoms with Gasteiger partial charge in [0.25, 0.3) is 10.0 Å². The molecule has 5 nitrogen and oxygen atoms in total. The molecule has 0 spiro atoms. The van der Waals surface area contributed by atoms with Crippen LogP contribution in [0.3, 0.4) is 0 Å². The number of amides is 1. The molecule has 0 saturated carbocycles. The van der Waals surface area contributed by atoms with Gasteiger partial charge in [-0.3, -0.25) is 9.52 Å². The molecule has 2 N–H and O–H groups in total. The zero-order chi connectivity index (χ0) is 18.2. The van der Waals surface area contributed by atoms with Gasteiger partial charge < -0.3 is 5.32 Å². The third kappa shape index (κ3) is 4.16. The van der Waals surface area contributed by atoms with Crippen molar-refractivity contribution in [3.05, 3.63) is 47.5 Å². The highest BCUT2D eigenvalue weighted by Gasteiger charge is 2.22. The van der Waals surface area contributed by atoms with Crippen molar-refractivity contribution in [1.82, 2.24) is 0 Å². The average molecular weight is 377 g/mol. The maximum Gasteiger partial charge on any atom is 0.261 e. The molecule has 0 saturated heterocycles. The second kappa shape index (κ2) is 6.72. The summed E-state index contributed by atoms with van der Waals surface area (Å²) in [5.74, 6) is -0.101. The van der Waals surface area contributed by atoms with Crippen LogP contribution in [-0.2, 0) is 14.8 Å². The van der Waals surface area contributed by atoms with Crippen LogP contribution in [0, 0.1) is 13.8 Å². The van der Waals surface area contributed by atoms with E-state index in [1.807, 2.05) is 26.8 Å². The van der Waals surface area contributed by atoms with Crippen molar-refractivity contribution < 1.29 is 13.2 Å². The first-order chi connectivity index (χ1) is 11.7. The lowest BCUT2D eigenvalue weighted by Gasteiger charge is -2.12. The molecule has 0 fully saturated rings. The highest BCUT2D eigenvalue weighted by molar-refractivity contribution is 8.00. The van der Waals surface area contributed by atoms with Crippen molar-refractivity contribution in [3.63, 3.8) is 0 Å². The van der Waals surface area contributed by atoms with Gasteiger partial charge in [0.2, 0.25) is 5.91 Å². The molecular weight excluding hydrogens is 356 g/mol. The summed E-state index contributed by atoms with van der Waals surface area (Å²) in [4.78, 5) is 12.9. The van der Waals surface area contributed by atoms with Gasteiger partial charge >= 0.3 is 0 Å². The molecule has 7 heteroatoms. The summed E-state index contributed by atoms with van der Waals surface area (Å²) in [6.45, 7) is 5.81. The SMILES string of the molecule is Cc1cc(C)cc(NS(=O)(=O)c2ccc3c(c2)NC(=O)C[C@@H](C)S3)c1. The Bertz CT molecular complexity index is 919. The maximum absolute atomic E-state index is 12.7. The molecule has 1 aliphatic rings. The summed E-state index contributed by atoms with van der Waals surface area (Å²) in [6, 6.07) is 10.4. The number of benzene rings is 2. The average Bonchev–Trinajstić information content (AvgIpc) is 2.60. The van der Waals surface area contributed by atoms with Crippen LogP contribution in [-0.4, -0.2) is 19.6 Å². The number of thioether (sulfide) groups is 1. The van der Waals surface area contributed by atoms with Gasteiger partial charge in [-0.2, -0.15) is 0 Å². The van der Waals surface area contributed by atoms with Crippen LogP contribution in [0.15, 0.2) is 46.2 Å². The minimum Gasteiger partial charge on any atom is -0.325 e. The monoisotopic (exact) mass is 376 g/mol. The van der Waals surface area contributed by atoms with Crippen molar-refractivity contribution in [2.75, 3.05) is 10.0 Å². The van der Waals surface area contributed by atoms with Crippen LogP contribution in [0.2, 0.25) is 0 Å². The van der Waals surface area contributed by atoms with E-state index in [0.29, 0.717) is 17.8 Å². The Hall–Kier alpha value is -1.99. The fourth-order valence-corrected chi connectivity index (χ4v) is 4.96. The van der Waals surface area contributed by atoms with E-state index in [0.717, 1.165) is 16.0 Å². The van der Waals surface area contributed by atoms with E-state index in [9.17, 15) is 13.2 Å². The molecule has 1 atom stereocenters. The molecule has 0 bridgehead atoms. The normalized spacial score (nSPS) is 17.4. The van der Waals surface area contributed by atoms with Crippen molar-refractivity contribution in [2.24, 2.45) is 0 Å². The lowest BCUT2D eigenvalue weighted by Crippen LogP contribution is -2.15. The minimum absolute atomic E-state index is 0.101. The Labute approximate surface area is 152 Å². The smallest absolute Gasteiger partial charge is 0.261 e. The quantitative estimate of drug-likeness (QED) is 0.851. The van der Waals surface area contributed by atoms with Gasteiger partial charge in [0.1, 0.15) is 0 Å². The molecule has 25 heavy (non-hydrogen) atoms. The van der Waals surface area contributed by atoms with Crippen LogP contribution >= 0.6 is 11.8 Å². The Balaban J connectivity index is 1.94. The first-order valence-electron chi connectivity index (χ1n) is 7.94. The van der Waals surface area contributed by atoms with Crippen LogP contribution in [0.4, 0.5) is 11.4 Å². The molecule has 1 amide bonds. The lowest BCUT2D eigenvalue weighted by molar-refractivity contribution is -0.116. The second-order valence-corrected chi connectivity index (χ2v) is 9.48. The molecule has 1 aliphatic heterocycles. The van der Waals surface area contributed by atoms with E-state index in [2.05, 4.69) is 10.0 Å². The molecule has 132 valence electrons.